The molecule has 0 bridgehead atoms. The van der Waals surface area contributed by atoms with Gasteiger partial charge in [0.1, 0.15) is 18.2 Å². The van der Waals surface area contributed by atoms with Crippen LogP contribution < -0.4 is 31.9 Å². The summed E-state index contributed by atoms with van der Waals surface area (Å²) >= 11 is 0. The molecule has 0 saturated heterocycles. The minimum absolute atomic E-state index is 0.0586. The van der Waals surface area contributed by atoms with Crippen LogP contribution in [0.25, 0.3) is 11.1 Å². The maximum absolute atomic E-state index is 13.8. The molecule has 7 rings (SSSR count). The number of aryl methyl sites for hydroxylation is 1. The van der Waals surface area contributed by atoms with E-state index in [1.165, 1.54) is 30.6 Å². The molecular weight excluding hydrogens is 906 g/mol. The zero-order chi connectivity index (χ0) is 50.0. The summed E-state index contributed by atoms with van der Waals surface area (Å²) in [5.41, 5.74) is 4.53. The Morgan fingerprint density at radius 2 is 1.31 bits per heavy atom. The van der Waals surface area contributed by atoms with Gasteiger partial charge in [-0.3, -0.25) is 14.4 Å². The molecule has 18 heteroatoms. The number of fused-ring (bicyclic) bond motifs is 3. The highest BCUT2D eigenvalue weighted by Crippen LogP contribution is 2.44. The normalized spacial score (nSPS) is 12.4. The Morgan fingerprint density at radius 3 is 2.00 bits per heavy atom. The lowest BCUT2D eigenvalue weighted by atomic mass is 9.98. The third-order valence-corrected chi connectivity index (χ3v) is 11.0. The fraction of sp³-hybridized carbons (Fsp3) is 0.250. The van der Waals surface area contributed by atoms with Crippen LogP contribution in [0.15, 0.2) is 128 Å². The highest BCUT2D eigenvalue weighted by atomic mass is 19.4. The molecule has 5 amide bonds. The van der Waals surface area contributed by atoms with Crippen LogP contribution in [0.4, 0.5) is 51.5 Å². The lowest BCUT2D eigenvalue weighted by Crippen LogP contribution is -2.44. The van der Waals surface area contributed by atoms with Crippen molar-refractivity contribution in [1.29, 1.82) is 0 Å². The van der Waals surface area contributed by atoms with E-state index in [0.29, 0.717) is 36.3 Å². The quantitative estimate of drug-likeness (QED) is 0.0507. The first-order valence-corrected chi connectivity index (χ1v) is 22.4. The number of hydrogen-bond donors (Lipinski definition) is 6. The predicted octanol–water partition coefficient (Wildman–Crippen LogP) is 10.6. The summed E-state index contributed by atoms with van der Waals surface area (Å²) in [6.07, 6.45) is -2.00. The van der Waals surface area contributed by atoms with Crippen molar-refractivity contribution in [3.63, 3.8) is 0 Å². The number of halogens is 3. The molecule has 1 aliphatic carbocycles. The Hall–Kier alpha value is -8.28. The standard InChI is InChI=1S/C52H51F3N8O7/c1-31-22-23-36(59-45(64)32-13-11-14-33(25-32)52(53,54)55)27-42(31)46(65)61-37-28-57-48(58-29-37)62-35-16-12-15-34(26-35)60-47(66)44(21-9-10-24-56-49(67)70-51(2,3)4)63-50(68)69-30-43-40-19-7-5-17-38(40)39-18-6-8-20-41(39)43/h5-8,11-20,22-23,25-29,43-44H,9-10,21,24,30H2,1-4H3,(H,56,67)(H,59,64)(H,60,66)(H,61,65)(H,63,68)(H,57,58,62)/t44-/m1/s1. The molecule has 1 heterocycles. The maximum Gasteiger partial charge on any atom is 0.416 e. The fourth-order valence-corrected chi connectivity index (χ4v) is 7.70. The second-order valence-electron chi connectivity index (χ2n) is 17.5. The van der Waals surface area contributed by atoms with Gasteiger partial charge in [0.25, 0.3) is 11.8 Å². The number of carbonyl (C=O) groups is 5. The summed E-state index contributed by atoms with van der Waals surface area (Å²) in [5.74, 6) is -1.85. The van der Waals surface area contributed by atoms with Crippen LogP contribution >= 0.6 is 0 Å². The van der Waals surface area contributed by atoms with Gasteiger partial charge in [0.2, 0.25) is 11.9 Å². The predicted molar refractivity (Wildman–Crippen MR) is 259 cm³/mol. The summed E-state index contributed by atoms with van der Waals surface area (Å²) in [5, 5.41) is 16.6. The SMILES string of the molecule is Cc1ccc(NC(=O)c2cccc(C(F)(F)F)c2)cc1C(=O)Nc1cnc(Nc2cccc(NC(=O)[C@@H](CCCCNC(=O)OC(C)(C)C)NC(=O)OCC3c4ccccc4-c4ccccc43)c2)nc1. The van der Waals surface area contributed by atoms with Gasteiger partial charge in [0.05, 0.1) is 23.6 Å². The van der Waals surface area contributed by atoms with E-state index >= 15 is 0 Å². The number of carbonyl (C=O) groups excluding carboxylic acids is 5. The molecular formula is C52H51F3N8O7. The highest BCUT2D eigenvalue weighted by Gasteiger charge is 2.32. The fourth-order valence-electron chi connectivity index (χ4n) is 7.70. The molecule has 1 aliphatic rings. The number of aromatic nitrogens is 2. The Balaban J connectivity index is 0.953. The molecule has 0 spiro atoms. The lowest BCUT2D eigenvalue weighted by molar-refractivity contribution is -0.137. The molecule has 5 aromatic carbocycles. The number of hydrogen-bond acceptors (Lipinski definition) is 10. The van der Waals surface area contributed by atoms with E-state index < -0.39 is 53.3 Å². The first kappa shape index (κ1) is 49.6. The molecule has 6 aromatic rings. The second kappa shape index (κ2) is 21.8. The average molecular weight is 957 g/mol. The van der Waals surface area contributed by atoms with Crippen LogP contribution in [0.5, 0.6) is 0 Å². The number of alkyl halides is 3. The van der Waals surface area contributed by atoms with E-state index in [9.17, 15) is 37.1 Å². The summed E-state index contributed by atoms with van der Waals surface area (Å²) in [4.78, 5) is 74.1. The van der Waals surface area contributed by atoms with Crippen LogP contribution in [-0.2, 0) is 20.4 Å². The van der Waals surface area contributed by atoms with Crippen molar-refractivity contribution >= 4 is 58.6 Å². The third kappa shape index (κ3) is 13.2. The van der Waals surface area contributed by atoms with Crippen molar-refractivity contribution in [2.75, 3.05) is 34.4 Å². The molecule has 0 radical (unpaired) electrons. The smallest absolute Gasteiger partial charge is 0.416 e. The van der Waals surface area contributed by atoms with Crippen molar-refractivity contribution in [3.8, 4) is 11.1 Å². The maximum atomic E-state index is 13.8. The Labute approximate surface area is 402 Å². The Bertz CT molecular complexity index is 2840. The minimum Gasteiger partial charge on any atom is -0.449 e. The van der Waals surface area contributed by atoms with Crippen molar-refractivity contribution in [2.45, 2.75) is 70.7 Å². The molecule has 0 unspecified atom stereocenters. The molecule has 1 atom stereocenters. The van der Waals surface area contributed by atoms with Crippen LogP contribution in [0.1, 0.15) is 88.9 Å². The first-order valence-electron chi connectivity index (χ1n) is 22.4. The van der Waals surface area contributed by atoms with Gasteiger partial charge < -0.3 is 41.4 Å². The van der Waals surface area contributed by atoms with E-state index in [-0.39, 0.29) is 47.4 Å². The van der Waals surface area contributed by atoms with Crippen molar-refractivity contribution in [1.82, 2.24) is 20.6 Å². The number of benzene rings is 5. The topological polar surface area (TPSA) is 202 Å². The van der Waals surface area contributed by atoms with Crippen molar-refractivity contribution < 1.29 is 46.6 Å². The number of alkyl carbamates (subject to hydrolysis) is 2. The van der Waals surface area contributed by atoms with Gasteiger partial charge in [0.15, 0.2) is 0 Å². The van der Waals surface area contributed by atoms with Gasteiger partial charge in [-0.25, -0.2) is 19.6 Å². The largest absolute Gasteiger partial charge is 0.449 e. The Kier molecular flexibility index (Phi) is 15.4. The van der Waals surface area contributed by atoms with Gasteiger partial charge in [0, 0.05) is 40.7 Å². The number of amides is 5. The summed E-state index contributed by atoms with van der Waals surface area (Å²) in [6, 6.07) is 30.2. The molecule has 0 fully saturated rings. The van der Waals surface area contributed by atoms with Crippen LogP contribution in [0.3, 0.4) is 0 Å². The van der Waals surface area contributed by atoms with Crippen LogP contribution in [0, 0.1) is 6.92 Å². The number of ether oxygens (including phenoxy) is 2. The van der Waals surface area contributed by atoms with Gasteiger partial charge in [-0.1, -0.05) is 66.7 Å². The molecule has 70 heavy (non-hydrogen) atoms. The van der Waals surface area contributed by atoms with Gasteiger partial charge in [-0.05, 0) is 123 Å². The van der Waals surface area contributed by atoms with E-state index in [4.69, 9.17) is 9.47 Å². The van der Waals surface area contributed by atoms with Gasteiger partial charge >= 0.3 is 18.4 Å². The molecule has 0 aliphatic heterocycles. The van der Waals surface area contributed by atoms with Gasteiger partial charge in [-0.15, -0.1) is 0 Å². The second-order valence-corrected chi connectivity index (χ2v) is 17.5. The van der Waals surface area contributed by atoms with Crippen LogP contribution in [0.2, 0.25) is 0 Å². The number of nitrogens with zero attached hydrogens (tertiary/aromatic N) is 2. The van der Waals surface area contributed by atoms with E-state index in [1.54, 1.807) is 58.0 Å². The van der Waals surface area contributed by atoms with Crippen LogP contribution in [-0.4, -0.2) is 64.7 Å². The summed E-state index contributed by atoms with van der Waals surface area (Å²) in [7, 11) is 0. The summed E-state index contributed by atoms with van der Waals surface area (Å²) in [6.45, 7) is 7.34. The lowest BCUT2D eigenvalue weighted by Gasteiger charge is -2.21. The number of unbranched alkanes of at least 4 members (excludes halogenated alkanes) is 1. The van der Waals surface area contributed by atoms with E-state index in [1.807, 2.05) is 48.5 Å². The molecule has 6 N–H and O–H groups in total. The van der Waals surface area contributed by atoms with E-state index in [2.05, 4.69) is 41.9 Å². The van der Waals surface area contributed by atoms with Crippen molar-refractivity contribution in [3.05, 3.63) is 161 Å². The van der Waals surface area contributed by atoms with Crippen molar-refractivity contribution in [2.24, 2.45) is 0 Å². The highest BCUT2D eigenvalue weighted by molar-refractivity contribution is 6.08. The molecule has 362 valence electrons. The zero-order valence-electron chi connectivity index (χ0n) is 38.7. The monoisotopic (exact) mass is 956 g/mol. The molecule has 15 nitrogen and oxygen atoms in total. The van der Waals surface area contributed by atoms with E-state index in [0.717, 1.165) is 40.5 Å². The zero-order valence-corrected chi connectivity index (χ0v) is 38.7. The number of rotatable bonds is 16. The average Bonchev–Trinajstić information content (AvgIpc) is 3.64. The summed E-state index contributed by atoms with van der Waals surface area (Å²) < 4.78 is 50.7. The first-order chi connectivity index (χ1) is 33.4. The number of nitrogens with one attached hydrogen (secondary N) is 6. The molecule has 0 saturated carbocycles. The number of anilines is 5. The third-order valence-electron chi connectivity index (χ3n) is 11.0. The molecule has 1 aromatic heterocycles. The Morgan fingerprint density at radius 1 is 0.671 bits per heavy atom. The minimum atomic E-state index is -4.62. The van der Waals surface area contributed by atoms with Gasteiger partial charge in [-0.2, -0.15) is 13.2 Å².